The zero-order valence-corrected chi connectivity index (χ0v) is 18.3. The number of para-hydroxylation sites is 3. The molecule has 3 aromatic carbocycles. The van der Waals surface area contributed by atoms with Crippen molar-refractivity contribution in [2.75, 3.05) is 22.7 Å². The van der Waals surface area contributed by atoms with Crippen LogP contribution >= 0.6 is 0 Å². The van der Waals surface area contributed by atoms with Crippen molar-refractivity contribution in [3.05, 3.63) is 90.5 Å². The van der Waals surface area contributed by atoms with E-state index in [0.717, 1.165) is 29.1 Å². The molecule has 166 valence electrons. The molecule has 3 N–H and O–H groups in total. The van der Waals surface area contributed by atoms with Gasteiger partial charge < -0.3 is 15.4 Å². The van der Waals surface area contributed by atoms with Crippen molar-refractivity contribution in [2.45, 2.75) is 13.3 Å². The van der Waals surface area contributed by atoms with Gasteiger partial charge in [-0.15, -0.1) is 0 Å². The molecule has 0 saturated carbocycles. The molecular weight excluding hydrogens is 414 g/mol. The van der Waals surface area contributed by atoms with Gasteiger partial charge in [-0.25, -0.2) is 5.43 Å². The van der Waals surface area contributed by atoms with Crippen LogP contribution in [0.1, 0.15) is 18.9 Å². The fraction of sp³-hybridized carbons (Fsp3) is 0.120. The number of anilines is 5. The Morgan fingerprint density at radius 3 is 1.88 bits per heavy atom. The van der Waals surface area contributed by atoms with Gasteiger partial charge in [0.25, 0.3) is 0 Å². The van der Waals surface area contributed by atoms with Crippen LogP contribution in [0.15, 0.2) is 90.0 Å². The number of rotatable bonds is 10. The lowest BCUT2D eigenvalue weighted by atomic mass is 10.2. The number of nitrogens with one attached hydrogen (secondary N) is 3. The summed E-state index contributed by atoms with van der Waals surface area (Å²) >= 11 is 0. The second-order valence-electron chi connectivity index (χ2n) is 7.04. The van der Waals surface area contributed by atoms with Crippen molar-refractivity contribution < 1.29 is 4.74 Å². The van der Waals surface area contributed by atoms with Crippen molar-refractivity contribution >= 4 is 35.4 Å². The van der Waals surface area contributed by atoms with Crippen LogP contribution in [0.2, 0.25) is 0 Å². The first-order chi connectivity index (χ1) is 16.3. The minimum Gasteiger partial charge on any atom is -0.493 e. The van der Waals surface area contributed by atoms with E-state index in [4.69, 9.17) is 4.74 Å². The molecule has 1 heterocycles. The van der Waals surface area contributed by atoms with E-state index in [2.05, 4.69) is 43.0 Å². The van der Waals surface area contributed by atoms with Crippen LogP contribution in [0.5, 0.6) is 5.75 Å². The summed E-state index contributed by atoms with van der Waals surface area (Å²) in [4.78, 5) is 13.4. The van der Waals surface area contributed by atoms with Gasteiger partial charge in [-0.3, -0.25) is 0 Å². The summed E-state index contributed by atoms with van der Waals surface area (Å²) in [5.74, 6) is 1.85. The molecule has 0 radical (unpaired) electrons. The standard InChI is InChI=1S/C25H25N7O/c1-2-17-33-22-16-10-9-11-19(22)18-26-32-25-30-23(27-20-12-5-3-6-13-20)29-24(31-25)28-21-14-7-4-8-15-21/h3-16,18H,2,17H2,1H3,(H3,27,28,29,30,31,32)/b26-18-. The van der Waals surface area contributed by atoms with Gasteiger partial charge in [-0.05, 0) is 42.8 Å². The van der Waals surface area contributed by atoms with Gasteiger partial charge >= 0.3 is 0 Å². The molecule has 0 unspecified atom stereocenters. The van der Waals surface area contributed by atoms with Crippen LogP contribution in [-0.2, 0) is 0 Å². The number of hydrazone groups is 1. The van der Waals surface area contributed by atoms with E-state index in [1.807, 2.05) is 84.9 Å². The van der Waals surface area contributed by atoms with Gasteiger partial charge in [0, 0.05) is 16.9 Å². The first-order valence-corrected chi connectivity index (χ1v) is 10.7. The van der Waals surface area contributed by atoms with Gasteiger partial charge in [0.1, 0.15) is 5.75 Å². The highest BCUT2D eigenvalue weighted by Crippen LogP contribution is 2.19. The fourth-order valence-corrected chi connectivity index (χ4v) is 2.93. The number of benzene rings is 3. The highest BCUT2D eigenvalue weighted by Gasteiger charge is 2.08. The molecule has 0 fully saturated rings. The third-order valence-electron chi connectivity index (χ3n) is 4.44. The van der Waals surface area contributed by atoms with E-state index < -0.39 is 0 Å². The summed E-state index contributed by atoms with van der Waals surface area (Å²) in [6.45, 7) is 2.72. The van der Waals surface area contributed by atoms with E-state index in [0.29, 0.717) is 24.5 Å². The lowest BCUT2D eigenvalue weighted by Gasteiger charge is -2.10. The van der Waals surface area contributed by atoms with Crippen molar-refractivity contribution in [2.24, 2.45) is 5.10 Å². The third kappa shape index (κ3) is 6.51. The molecule has 8 nitrogen and oxygen atoms in total. The number of hydrogen-bond acceptors (Lipinski definition) is 8. The Morgan fingerprint density at radius 1 is 0.727 bits per heavy atom. The van der Waals surface area contributed by atoms with Crippen LogP contribution < -0.4 is 20.8 Å². The summed E-state index contributed by atoms with van der Waals surface area (Å²) in [5, 5.41) is 10.7. The molecule has 4 rings (SSSR count). The molecule has 0 aliphatic heterocycles. The maximum Gasteiger partial charge on any atom is 0.250 e. The highest BCUT2D eigenvalue weighted by atomic mass is 16.5. The van der Waals surface area contributed by atoms with Gasteiger partial charge in [0.15, 0.2) is 0 Å². The fourth-order valence-electron chi connectivity index (χ4n) is 2.93. The van der Waals surface area contributed by atoms with E-state index in [-0.39, 0.29) is 0 Å². The van der Waals surface area contributed by atoms with Gasteiger partial charge in [0.2, 0.25) is 17.8 Å². The normalized spacial score (nSPS) is 10.7. The van der Waals surface area contributed by atoms with Gasteiger partial charge in [0.05, 0.1) is 12.8 Å². The summed E-state index contributed by atoms with van der Waals surface area (Å²) in [5.41, 5.74) is 5.49. The van der Waals surface area contributed by atoms with E-state index in [1.54, 1.807) is 6.21 Å². The predicted octanol–water partition coefficient (Wildman–Crippen LogP) is 5.59. The maximum atomic E-state index is 5.78. The maximum absolute atomic E-state index is 5.78. The largest absolute Gasteiger partial charge is 0.493 e. The second-order valence-corrected chi connectivity index (χ2v) is 7.04. The van der Waals surface area contributed by atoms with Crippen LogP contribution in [0, 0.1) is 0 Å². The Hall–Kier alpha value is -4.46. The van der Waals surface area contributed by atoms with Crippen molar-refractivity contribution in [1.29, 1.82) is 0 Å². The summed E-state index contributed by atoms with van der Waals surface area (Å²) < 4.78 is 5.78. The third-order valence-corrected chi connectivity index (χ3v) is 4.44. The zero-order chi connectivity index (χ0) is 22.7. The summed E-state index contributed by atoms with van der Waals surface area (Å²) in [6.07, 6.45) is 2.62. The van der Waals surface area contributed by atoms with Crippen LogP contribution in [0.3, 0.4) is 0 Å². The second kappa shape index (κ2) is 11.2. The smallest absolute Gasteiger partial charge is 0.250 e. The van der Waals surface area contributed by atoms with Crippen LogP contribution in [-0.4, -0.2) is 27.8 Å². The molecule has 0 aliphatic rings. The summed E-state index contributed by atoms with van der Waals surface area (Å²) in [7, 11) is 0. The molecule has 1 aromatic heterocycles. The number of ether oxygens (including phenoxy) is 1. The lowest BCUT2D eigenvalue weighted by molar-refractivity contribution is 0.317. The van der Waals surface area contributed by atoms with Crippen molar-refractivity contribution in [1.82, 2.24) is 15.0 Å². The number of hydrogen-bond donors (Lipinski definition) is 3. The minimum absolute atomic E-state index is 0.296. The molecule has 0 atom stereocenters. The first-order valence-electron chi connectivity index (χ1n) is 10.7. The Labute approximate surface area is 192 Å². The molecule has 0 aliphatic carbocycles. The average Bonchev–Trinajstić information content (AvgIpc) is 2.85. The average molecular weight is 440 g/mol. The van der Waals surface area contributed by atoms with Crippen molar-refractivity contribution in [3.8, 4) is 5.75 Å². The Kier molecular flexibility index (Phi) is 7.41. The molecule has 0 spiro atoms. The summed E-state index contributed by atoms with van der Waals surface area (Å²) in [6, 6.07) is 27.1. The molecule has 0 saturated heterocycles. The lowest BCUT2D eigenvalue weighted by Crippen LogP contribution is -2.07. The molecule has 0 bridgehead atoms. The topological polar surface area (TPSA) is 96.4 Å². The molecule has 0 amide bonds. The molecule has 33 heavy (non-hydrogen) atoms. The Morgan fingerprint density at radius 2 is 1.27 bits per heavy atom. The van der Waals surface area contributed by atoms with Gasteiger partial charge in [-0.2, -0.15) is 20.1 Å². The Balaban J connectivity index is 1.55. The monoisotopic (exact) mass is 439 g/mol. The van der Waals surface area contributed by atoms with E-state index in [1.165, 1.54) is 0 Å². The van der Waals surface area contributed by atoms with E-state index >= 15 is 0 Å². The van der Waals surface area contributed by atoms with E-state index in [9.17, 15) is 0 Å². The predicted molar refractivity (Wildman–Crippen MR) is 133 cm³/mol. The van der Waals surface area contributed by atoms with Crippen molar-refractivity contribution in [3.63, 3.8) is 0 Å². The highest BCUT2D eigenvalue weighted by molar-refractivity contribution is 5.83. The Bertz CT molecular complexity index is 1120. The molecule has 8 heteroatoms. The number of nitrogens with zero attached hydrogens (tertiary/aromatic N) is 4. The first kappa shape index (κ1) is 21.8. The minimum atomic E-state index is 0.296. The quantitative estimate of drug-likeness (QED) is 0.219. The molecule has 4 aromatic rings. The van der Waals surface area contributed by atoms with Gasteiger partial charge in [-0.1, -0.05) is 55.5 Å². The van der Waals surface area contributed by atoms with Crippen LogP contribution in [0.25, 0.3) is 0 Å². The zero-order valence-electron chi connectivity index (χ0n) is 18.3. The number of aromatic nitrogens is 3. The SMILES string of the molecule is CCCOc1ccccc1/C=N\Nc1nc(Nc2ccccc2)nc(Nc2ccccc2)n1. The van der Waals surface area contributed by atoms with Crippen LogP contribution in [0.4, 0.5) is 29.2 Å². The molecular formula is C25H25N7O.